The second kappa shape index (κ2) is 6.73. The molecule has 1 aliphatic rings. The summed E-state index contributed by atoms with van der Waals surface area (Å²) in [7, 11) is -2.99. The Morgan fingerprint density at radius 1 is 1.29 bits per heavy atom. The number of aromatic nitrogens is 4. The van der Waals surface area contributed by atoms with Gasteiger partial charge in [-0.3, -0.25) is 4.68 Å². The highest BCUT2D eigenvalue weighted by Crippen LogP contribution is 2.30. The van der Waals surface area contributed by atoms with E-state index in [-0.39, 0.29) is 11.5 Å². The quantitative estimate of drug-likeness (QED) is 0.701. The molecule has 0 spiro atoms. The summed E-state index contributed by atoms with van der Waals surface area (Å²) in [6.45, 7) is 6.43. The first kappa shape index (κ1) is 18.7. The van der Waals surface area contributed by atoms with Gasteiger partial charge in [-0.1, -0.05) is 22.8 Å². The first-order valence-electron chi connectivity index (χ1n) is 9.14. The number of rotatable bonds is 5. The van der Waals surface area contributed by atoms with Crippen LogP contribution in [0, 0.1) is 13.8 Å². The molecule has 0 unspecified atom stereocenters. The Labute approximate surface area is 163 Å². The molecule has 0 amide bonds. The van der Waals surface area contributed by atoms with Crippen molar-refractivity contribution in [2.45, 2.75) is 39.3 Å². The Morgan fingerprint density at radius 3 is 2.82 bits per heavy atom. The highest BCUT2D eigenvalue weighted by Gasteiger charge is 2.40. The van der Waals surface area contributed by atoms with Gasteiger partial charge in [0.2, 0.25) is 5.89 Å². The third kappa shape index (κ3) is 3.66. The van der Waals surface area contributed by atoms with E-state index in [9.17, 15) is 8.42 Å². The number of sulfone groups is 1. The van der Waals surface area contributed by atoms with E-state index in [0.29, 0.717) is 24.9 Å². The van der Waals surface area contributed by atoms with Crippen LogP contribution in [0.4, 0.5) is 6.01 Å². The lowest BCUT2D eigenvalue weighted by atomic mass is 10.0. The number of benzene rings is 1. The van der Waals surface area contributed by atoms with Gasteiger partial charge in [0.1, 0.15) is 0 Å². The summed E-state index contributed by atoms with van der Waals surface area (Å²) in [5.41, 5.74) is 3.60. The molecule has 1 fully saturated rings. The lowest BCUT2D eigenvalue weighted by molar-refractivity contribution is 0.328. The number of nitrogens with one attached hydrogen (secondary N) is 1. The van der Waals surface area contributed by atoms with Gasteiger partial charge in [0.15, 0.2) is 9.84 Å². The van der Waals surface area contributed by atoms with Crippen LogP contribution in [0.25, 0.3) is 11.5 Å². The molecule has 4 rings (SSSR count). The van der Waals surface area contributed by atoms with Crippen molar-refractivity contribution >= 4 is 15.9 Å². The molecule has 0 bridgehead atoms. The van der Waals surface area contributed by atoms with E-state index in [1.54, 1.807) is 10.9 Å². The van der Waals surface area contributed by atoms with Crippen molar-refractivity contribution in [3.63, 3.8) is 0 Å². The fourth-order valence-electron chi connectivity index (χ4n) is 3.56. The Kier molecular flexibility index (Phi) is 4.49. The van der Waals surface area contributed by atoms with Crippen LogP contribution in [0.2, 0.25) is 0 Å². The largest absolute Gasteiger partial charge is 0.403 e. The summed E-state index contributed by atoms with van der Waals surface area (Å²) in [5, 5.41) is 15.6. The first-order chi connectivity index (χ1) is 13.2. The van der Waals surface area contributed by atoms with E-state index in [0.717, 1.165) is 16.7 Å². The average molecular weight is 401 g/mol. The number of hydrogen-bond acceptors (Lipinski definition) is 7. The summed E-state index contributed by atoms with van der Waals surface area (Å²) in [6, 6.07) is 6.39. The summed E-state index contributed by atoms with van der Waals surface area (Å²) in [6.07, 6.45) is 4.17. The average Bonchev–Trinajstić information content (AvgIpc) is 3.33. The maximum absolute atomic E-state index is 11.8. The van der Waals surface area contributed by atoms with Gasteiger partial charge < -0.3 is 9.73 Å². The van der Waals surface area contributed by atoms with Gasteiger partial charge in [-0.2, -0.15) is 5.10 Å². The van der Waals surface area contributed by atoms with Gasteiger partial charge in [-0.05, 0) is 38.8 Å². The van der Waals surface area contributed by atoms with Crippen LogP contribution in [0.5, 0.6) is 0 Å². The molecule has 9 heteroatoms. The molecule has 3 aromatic rings. The monoisotopic (exact) mass is 401 g/mol. The van der Waals surface area contributed by atoms with Gasteiger partial charge in [-0.25, -0.2) is 8.42 Å². The van der Waals surface area contributed by atoms with Crippen LogP contribution >= 0.6 is 0 Å². The van der Waals surface area contributed by atoms with Crippen molar-refractivity contribution in [3.8, 4) is 11.5 Å². The molecular formula is C19H23N5O3S. The molecule has 0 radical (unpaired) electrons. The predicted molar refractivity (Wildman–Crippen MR) is 106 cm³/mol. The summed E-state index contributed by atoms with van der Waals surface area (Å²) in [5.74, 6) is 0.803. The summed E-state index contributed by atoms with van der Waals surface area (Å²) < 4.78 is 31.1. The normalized spacial score (nSPS) is 21.1. The third-order valence-electron chi connectivity index (χ3n) is 5.15. The SMILES string of the molecule is Cc1ccc(-c2nnc(NCc3cnn([C@@]4(C)CCS(=O)(=O)C4)c3)o2)c(C)c1. The van der Waals surface area contributed by atoms with Crippen molar-refractivity contribution in [3.05, 3.63) is 47.3 Å². The lowest BCUT2D eigenvalue weighted by Gasteiger charge is -2.22. The molecule has 1 saturated heterocycles. The molecule has 1 N–H and O–H groups in total. The van der Waals surface area contributed by atoms with E-state index in [4.69, 9.17) is 4.42 Å². The number of hydrogen-bond donors (Lipinski definition) is 1. The number of aryl methyl sites for hydroxylation is 2. The van der Waals surface area contributed by atoms with Gasteiger partial charge in [0.05, 0.1) is 23.2 Å². The Morgan fingerprint density at radius 2 is 2.11 bits per heavy atom. The molecule has 148 valence electrons. The van der Waals surface area contributed by atoms with Crippen LogP contribution < -0.4 is 5.32 Å². The molecule has 2 aromatic heterocycles. The van der Waals surface area contributed by atoms with E-state index < -0.39 is 15.4 Å². The smallest absolute Gasteiger partial charge is 0.316 e. The minimum atomic E-state index is -2.99. The van der Waals surface area contributed by atoms with Crippen LogP contribution in [0.15, 0.2) is 35.0 Å². The molecule has 3 heterocycles. The fourth-order valence-corrected chi connectivity index (χ4v) is 5.67. The van der Waals surface area contributed by atoms with Gasteiger partial charge >= 0.3 is 6.01 Å². The van der Waals surface area contributed by atoms with Gasteiger partial charge in [0.25, 0.3) is 0 Å². The molecule has 8 nitrogen and oxygen atoms in total. The Balaban J connectivity index is 1.44. The number of anilines is 1. The minimum absolute atomic E-state index is 0.122. The summed E-state index contributed by atoms with van der Waals surface area (Å²) in [4.78, 5) is 0. The topological polar surface area (TPSA) is 103 Å². The maximum Gasteiger partial charge on any atom is 0.316 e. The lowest BCUT2D eigenvalue weighted by Crippen LogP contribution is -2.31. The second-order valence-electron chi connectivity index (χ2n) is 7.72. The van der Waals surface area contributed by atoms with Gasteiger partial charge in [-0.15, -0.1) is 5.10 Å². The van der Waals surface area contributed by atoms with E-state index in [1.807, 2.05) is 39.1 Å². The van der Waals surface area contributed by atoms with Crippen molar-refractivity contribution in [1.82, 2.24) is 20.0 Å². The first-order valence-corrected chi connectivity index (χ1v) is 11.0. The molecule has 28 heavy (non-hydrogen) atoms. The van der Waals surface area contributed by atoms with Crippen molar-refractivity contribution in [2.75, 3.05) is 16.8 Å². The third-order valence-corrected chi connectivity index (χ3v) is 7.04. The Hall–Kier alpha value is -2.68. The number of nitrogens with zero attached hydrogens (tertiary/aromatic N) is 4. The van der Waals surface area contributed by atoms with Crippen LogP contribution in [-0.2, 0) is 21.9 Å². The fraction of sp³-hybridized carbons (Fsp3) is 0.421. The van der Waals surface area contributed by atoms with E-state index in [2.05, 4.69) is 26.7 Å². The molecular weight excluding hydrogens is 378 g/mol. The zero-order valence-electron chi connectivity index (χ0n) is 16.1. The van der Waals surface area contributed by atoms with Crippen molar-refractivity contribution in [1.29, 1.82) is 0 Å². The zero-order chi connectivity index (χ0) is 19.9. The van der Waals surface area contributed by atoms with Crippen molar-refractivity contribution < 1.29 is 12.8 Å². The van der Waals surface area contributed by atoms with E-state index >= 15 is 0 Å². The van der Waals surface area contributed by atoms with Gasteiger partial charge in [0, 0.05) is 23.9 Å². The van der Waals surface area contributed by atoms with E-state index in [1.165, 1.54) is 5.56 Å². The molecule has 1 atom stereocenters. The second-order valence-corrected chi connectivity index (χ2v) is 9.90. The Bertz CT molecular complexity index is 1120. The van der Waals surface area contributed by atoms with Crippen LogP contribution in [0.1, 0.15) is 30.0 Å². The predicted octanol–water partition coefficient (Wildman–Crippen LogP) is 2.70. The molecule has 0 saturated carbocycles. The standard InChI is InChI=1S/C19H23N5O3S/c1-13-4-5-16(14(2)8-13)17-22-23-18(27-17)20-9-15-10-21-24(11-15)19(3)6-7-28(25,26)12-19/h4-5,8,10-11H,6-7,9,12H2,1-3H3,(H,20,23)/t19-/m0/s1. The molecule has 1 aliphatic heterocycles. The molecule has 0 aliphatic carbocycles. The highest BCUT2D eigenvalue weighted by molar-refractivity contribution is 7.91. The van der Waals surface area contributed by atoms with Crippen LogP contribution in [0.3, 0.4) is 0 Å². The summed E-state index contributed by atoms with van der Waals surface area (Å²) >= 11 is 0. The molecule has 1 aromatic carbocycles. The van der Waals surface area contributed by atoms with Crippen LogP contribution in [-0.4, -0.2) is 39.9 Å². The van der Waals surface area contributed by atoms with Crippen molar-refractivity contribution in [2.24, 2.45) is 0 Å². The minimum Gasteiger partial charge on any atom is -0.403 e. The maximum atomic E-state index is 11.8. The highest BCUT2D eigenvalue weighted by atomic mass is 32.2. The zero-order valence-corrected chi connectivity index (χ0v) is 17.0.